The van der Waals surface area contributed by atoms with Crippen molar-refractivity contribution >= 4 is 23.5 Å². The molecule has 1 aromatic carbocycles. The van der Waals surface area contributed by atoms with Crippen LogP contribution in [0.25, 0.3) is 6.08 Å². The van der Waals surface area contributed by atoms with Gasteiger partial charge in [-0.3, -0.25) is 0 Å². The van der Waals surface area contributed by atoms with E-state index in [1.54, 1.807) is 6.21 Å². The summed E-state index contributed by atoms with van der Waals surface area (Å²) in [5.74, 6) is 0.873. The molecule has 130 valence electrons. The Hall–Kier alpha value is -1.34. The summed E-state index contributed by atoms with van der Waals surface area (Å²) in [4.78, 5) is 7.33. The Morgan fingerprint density at radius 2 is 2.08 bits per heavy atom. The number of ether oxygens (including phenoxy) is 2. The first-order valence-corrected chi connectivity index (χ1v) is 9.69. The molecular weight excluding hydrogens is 324 g/mol. The molecule has 0 aliphatic carbocycles. The quantitative estimate of drug-likeness (QED) is 0.586. The first kappa shape index (κ1) is 17.5. The summed E-state index contributed by atoms with van der Waals surface area (Å²) in [5, 5.41) is 0. The maximum absolute atomic E-state index is 12.7. The van der Waals surface area contributed by atoms with Crippen molar-refractivity contribution in [1.29, 1.82) is 0 Å². The van der Waals surface area contributed by atoms with Gasteiger partial charge in [0.15, 0.2) is 4.91 Å². The highest BCUT2D eigenvalue weighted by atomic mass is 32.2. The normalized spacial score (nSPS) is 26.2. The minimum absolute atomic E-state index is 0.267. The van der Waals surface area contributed by atoms with Crippen LogP contribution in [-0.2, 0) is 15.9 Å². The van der Waals surface area contributed by atoms with Crippen LogP contribution in [0.5, 0.6) is 5.75 Å². The highest BCUT2D eigenvalue weighted by Gasteiger charge is 2.36. The summed E-state index contributed by atoms with van der Waals surface area (Å²) < 4.78 is 23.7. The second-order valence-electron chi connectivity index (χ2n) is 5.87. The molecule has 6 heteroatoms. The molecule has 0 amide bonds. The Labute approximate surface area is 146 Å². The van der Waals surface area contributed by atoms with Crippen molar-refractivity contribution in [3.8, 4) is 5.75 Å². The lowest BCUT2D eigenvalue weighted by atomic mass is 10.2. The zero-order valence-corrected chi connectivity index (χ0v) is 14.8. The summed E-state index contributed by atoms with van der Waals surface area (Å²) in [6.07, 6.45) is 5.86. The van der Waals surface area contributed by atoms with Gasteiger partial charge in [0.1, 0.15) is 5.75 Å². The average molecular weight is 348 g/mol. The van der Waals surface area contributed by atoms with Crippen molar-refractivity contribution in [3.05, 3.63) is 34.7 Å². The highest BCUT2D eigenvalue weighted by Crippen LogP contribution is 2.26. The molecule has 5 nitrogen and oxygen atoms in total. The second kappa shape index (κ2) is 8.67. The van der Waals surface area contributed by atoms with Gasteiger partial charge in [-0.25, -0.2) is 9.89 Å². The molecule has 1 fully saturated rings. The molecule has 2 aliphatic heterocycles. The summed E-state index contributed by atoms with van der Waals surface area (Å²) in [5.41, 5.74) is 0.743. The molecule has 24 heavy (non-hydrogen) atoms. The Balaban J connectivity index is 1.60. The van der Waals surface area contributed by atoms with E-state index in [9.17, 15) is 4.55 Å². The number of unbranched alkanes of at least 4 members (excludes halogenated alkanes) is 1. The van der Waals surface area contributed by atoms with E-state index in [4.69, 9.17) is 9.47 Å². The van der Waals surface area contributed by atoms with Crippen molar-refractivity contribution in [1.82, 2.24) is 4.90 Å². The molecule has 0 bridgehead atoms. The fourth-order valence-corrected chi connectivity index (χ4v) is 3.96. The van der Waals surface area contributed by atoms with Crippen LogP contribution in [0.15, 0.2) is 34.2 Å². The number of hydrogen-bond donors (Lipinski definition) is 0. The van der Waals surface area contributed by atoms with Gasteiger partial charge >= 0.3 is 0 Å². The van der Waals surface area contributed by atoms with Crippen molar-refractivity contribution in [2.75, 3.05) is 32.9 Å². The van der Waals surface area contributed by atoms with Gasteiger partial charge in [0.2, 0.25) is 0 Å². The van der Waals surface area contributed by atoms with Crippen molar-refractivity contribution < 1.29 is 14.0 Å². The lowest BCUT2D eigenvalue weighted by Crippen LogP contribution is -2.45. The zero-order valence-electron chi connectivity index (χ0n) is 14.0. The molecule has 1 aromatic rings. The standard InChI is InChI=1S/C18H24N2O3S/c1-2-3-10-23-16-6-4-15(5-7-16)13-17-14-19-18(24(17)21)20-8-11-22-12-9-20/h4-7,13-14,18H,2-3,8-12H2,1H3. The SMILES string of the molecule is CCCCOc1ccc(C=C2C=NC(N3CCOCC3)[S+]2[O-])cc1. The third-order valence-corrected chi connectivity index (χ3v) is 5.56. The maximum Gasteiger partial charge on any atom is 0.270 e. The topological polar surface area (TPSA) is 57.1 Å². The van der Waals surface area contributed by atoms with E-state index in [-0.39, 0.29) is 5.50 Å². The number of nitrogens with zero attached hydrogens (tertiary/aromatic N) is 2. The van der Waals surface area contributed by atoms with Crippen LogP contribution in [0.4, 0.5) is 0 Å². The number of morpholine rings is 1. The average Bonchev–Trinajstić information content (AvgIpc) is 2.98. The number of aliphatic imine (C=N–C) groups is 1. The van der Waals surface area contributed by atoms with Crippen molar-refractivity contribution in [2.24, 2.45) is 4.99 Å². The van der Waals surface area contributed by atoms with Gasteiger partial charge in [0.05, 0.1) is 26.0 Å². The van der Waals surface area contributed by atoms with Crippen LogP contribution >= 0.6 is 0 Å². The number of rotatable bonds is 6. The monoisotopic (exact) mass is 348 g/mol. The molecule has 2 heterocycles. The van der Waals surface area contributed by atoms with Gasteiger partial charge < -0.3 is 14.0 Å². The van der Waals surface area contributed by atoms with Crippen molar-refractivity contribution in [2.45, 2.75) is 25.3 Å². The first-order chi connectivity index (χ1) is 11.8. The van der Waals surface area contributed by atoms with Gasteiger partial charge in [-0.15, -0.1) is 0 Å². The van der Waals surface area contributed by atoms with Crippen molar-refractivity contribution in [3.63, 3.8) is 0 Å². The Morgan fingerprint density at radius 1 is 1.33 bits per heavy atom. The van der Waals surface area contributed by atoms with Crippen LogP contribution in [0.3, 0.4) is 0 Å². The van der Waals surface area contributed by atoms with Crippen LogP contribution in [0, 0.1) is 0 Å². The van der Waals surface area contributed by atoms with Crippen LogP contribution < -0.4 is 4.74 Å². The summed E-state index contributed by atoms with van der Waals surface area (Å²) >= 11 is -1.13. The van der Waals surface area contributed by atoms with E-state index in [0.717, 1.165) is 48.8 Å². The van der Waals surface area contributed by atoms with Gasteiger partial charge in [-0.2, -0.15) is 0 Å². The molecular formula is C18H24N2O3S. The molecule has 3 rings (SSSR count). The smallest absolute Gasteiger partial charge is 0.270 e. The van der Waals surface area contributed by atoms with E-state index >= 15 is 0 Å². The lowest BCUT2D eigenvalue weighted by molar-refractivity contribution is 0.0328. The van der Waals surface area contributed by atoms with Crippen LogP contribution in [0.1, 0.15) is 25.3 Å². The molecule has 0 aromatic heterocycles. The number of hydrogen-bond acceptors (Lipinski definition) is 5. The van der Waals surface area contributed by atoms with E-state index in [1.807, 2.05) is 30.3 Å². The summed E-state index contributed by atoms with van der Waals surface area (Å²) in [6, 6.07) is 7.88. The van der Waals surface area contributed by atoms with Gasteiger partial charge in [-0.05, 0) is 24.1 Å². The van der Waals surface area contributed by atoms with E-state index < -0.39 is 11.2 Å². The minimum Gasteiger partial charge on any atom is -0.609 e. The fourth-order valence-electron chi connectivity index (χ4n) is 2.65. The molecule has 0 radical (unpaired) electrons. The maximum atomic E-state index is 12.7. The molecule has 2 atom stereocenters. The van der Waals surface area contributed by atoms with E-state index in [0.29, 0.717) is 13.2 Å². The molecule has 0 spiro atoms. The second-order valence-corrected chi connectivity index (χ2v) is 7.36. The summed E-state index contributed by atoms with van der Waals surface area (Å²) in [6.45, 7) is 5.82. The molecule has 0 saturated carbocycles. The third kappa shape index (κ3) is 4.39. The highest BCUT2D eigenvalue weighted by molar-refractivity contribution is 7.97. The minimum atomic E-state index is -1.13. The van der Waals surface area contributed by atoms with E-state index in [2.05, 4.69) is 16.8 Å². The Morgan fingerprint density at radius 3 is 2.79 bits per heavy atom. The zero-order chi connectivity index (χ0) is 16.8. The Bertz CT molecular complexity index is 582. The van der Waals surface area contributed by atoms with Crippen LogP contribution in [-0.4, -0.2) is 54.1 Å². The molecule has 1 saturated heterocycles. The number of benzene rings is 1. The van der Waals surface area contributed by atoms with Gasteiger partial charge in [-0.1, -0.05) is 25.5 Å². The Kier molecular flexibility index (Phi) is 6.31. The third-order valence-electron chi connectivity index (χ3n) is 4.07. The lowest BCUT2D eigenvalue weighted by Gasteiger charge is -2.29. The van der Waals surface area contributed by atoms with Gasteiger partial charge in [0, 0.05) is 30.3 Å². The summed E-state index contributed by atoms with van der Waals surface area (Å²) in [7, 11) is 0. The first-order valence-electron chi connectivity index (χ1n) is 8.48. The predicted octanol–water partition coefficient (Wildman–Crippen LogP) is 2.66. The van der Waals surface area contributed by atoms with Crippen LogP contribution in [0.2, 0.25) is 0 Å². The molecule has 0 N–H and O–H groups in total. The largest absolute Gasteiger partial charge is 0.609 e. The van der Waals surface area contributed by atoms with E-state index in [1.165, 1.54) is 0 Å². The predicted molar refractivity (Wildman–Crippen MR) is 97.6 cm³/mol. The number of allylic oxidation sites excluding steroid dienone is 1. The van der Waals surface area contributed by atoms with Gasteiger partial charge in [0.25, 0.3) is 5.50 Å². The molecule has 2 unspecified atom stereocenters. The molecule has 2 aliphatic rings. The fraction of sp³-hybridized carbons (Fsp3) is 0.500.